The highest BCUT2D eigenvalue weighted by atomic mass is 16.2. The number of nitrogens with zero attached hydrogens (tertiary/aromatic N) is 3. The van der Waals surface area contributed by atoms with Gasteiger partial charge in [0.25, 0.3) is 0 Å². The molecule has 0 unspecified atom stereocenters. The second-order valence-electron chi connectivity index (χ2n) is 7.43. The Kier molecular flexibility index (Phi) is 4.32. The first-order chi connectivity index (χ1) is 12.1. The summed E-state index contributed by atoms with van der Waals surface area (Å²) in [7, 11) is 1.65. The molecule has 1 aliphatic carbocycles. The molecular weight excluding hydrogens is 314 g/mol. The van der Waals surface area contributed by atoms with Crippen LogP contribution in [0.2, 0.25) is 0 Å². The predicted molar refractivity (Wildman–Crippen MR) is 96.3 cm³/mol. The average molecular weight is 339 g/mol. The first-order valence-electron chi connectivity index (χ1n) is 9.33. The van der Waals surface area contributed by atoms with Gasteiger partial charge in [-0.1, -0.05) is 24.3 Å². The van der Waals surface area contributed by atoms with Crippen LogP contribution in [0.1, 0.15) is 55.6 Å². The predicted octanol–water partition coefficient (Wildman–Crippen LogP) is 2.71. The van der Waals surface area contributed by atoms with Crippen molar-refractivity contribution < 1.29 is 9.59 Å². The Morgan fingerprint density at radius 2 is 2.08 bits per heavy atom. The molecule has 25 heavy (non-hydrogen) atoms. The minimum Gasteiger partial charge on any atom is -0.339 e. The minimum absolute atomic E-state index is 0.0259. The summed E-state index contributed by atoms with van der Waals surface area (Å²) >= 11 is 0. The minimum atomic E-state index is -0.0259. The number of benzene rings is 1. The molecule has 0 radical (unpaired) electrons. The van der Waals surface area contributed by atoms with Gasteiger partial charge in [0.1, 0.15) is 0 Å². The van der Waals surface area contributed by atoms with Gasteiger partial charge in [0.05, 0.1) is 18.6 Å². The van der Waals surface area contributed by atoms with Gasteiger partial charge in [-0.25, -0.2) is 5.01 Å². The van der Waals surface area contributed by atoms with Gasteiger partial charge in [0.15, 0.2) is 0 Å². The maximum atomic E-state index is 12.9. The molecule has 0 saturated carbocycles. The van der Waals surface area contributed by atoms with E-state index in [1.807, 2.05) is 0 Å². The van der Waals surface area contributed by atoms with E-state index in [2.05, 4.69) is 34.3 Å². The molecule has 132 valence electrons. The molecule has 4 rings (SSSR count). The molecule has 0 spiro atoms. The van der Waals surface area contributed by atoms with Crippen molar-refractivity contribution in [2.24, 2.45) is 5.10 Å². The molecule has 2 heterocycles. The zero-order chi connectivity index (χ0) is 17.4. The number of carbonyl (C=O) groups is 2. The Labute approximate surface area is 148 Å². The Hall–Kier alpha value is -2.17. The van der Waals surface area contributed by atoms with E-state index in [4.69, 9.17) is 0 Å². The second kappa shape index (κ2) is 6.62. The zero-order valence-corrected chi connectivity index (χ0v) is 14.8. The van der Waals surface area contributed by atoms with Crippen molar-refractivity contribution in [2.45, 2.75) is 56.9 Å². The van der Waals surface area contributed by atoms with Gasteiger partial charge in [-0.05, 0) is 43.2 Å². The molecule has 1 aromatic rings. The van der Waals surface area contributed by atoms with Crippen LogP contribution in [0.5, 0.6) is 0 Å². The fourth-order valence-corrected chi connectivity index (χ4v) is 4.68. The summed E-state index contributed by atoms with van der Waals surface area (Å²) in [5, 5.41) is 5.56. The number of likely N-dealkylation sites (tertiary alicyclic amines) is 1. The number of hydrogen-bond acceptors (Lipinski definition) is 3. The van der Waals surface area contributed by atoms with Gasteiger partial charge in [-0.15, -0.1) is 0 Å². The SMILES string of the molecule is CN1N=C(CC(=O)N2CCC[C@@H]2[C@H]2CCCc3ccccc32)CC1=O. The van der Waals surface area contributed by atoms with E-state index in [0.29, 0.717) is 17.7 Å². The molecule has 0 N–H and O–H groups in total. The van der Waals surface area contributed by atoms with Crippen molar-refractivity contribution in [2.75, 3.05) is 13.6 Å². The van der Waals surface area contributed by atoms with Crippen molar-refractivity contribution in [3.05, 3.63) is 35.4 Å². The second-order valence-corrected chi connectivity index (χ2v) is 7.43. The molecule has 2 atom stereocenters. The third-order valence-corrected chi connectivity index (χ3v) is 5.86. The van der Waals surface area contributed by atoms with Crippen LogP contribution in [0.4, 0.5) is 0 Å². The monoisotopic (exact) mass is 339 g/mol. The maximum Gasteiger partial charge on any atom is 0.248 e. The topological polar surface area (TPSA) is 53.0 Å². The molecule has 2 aliphatic heterocycles. The first kappa shape index (κ1) is 16.3. The third-order valence-electron chi connectivity index (χ3n) is 5.86. The highest BCUT2D eigenvalue weighted by Gasteiger charge is 2.37. The number of amides is 2. The Morgan fingerprint density at radius 3 is 2.88 bits per heavy atom. The molecule has 0 bridgehead atoms. The summed E-state index contributed by atoms with van der Waals surface area (Å²) in [4.78, 5) is 26.6. The van der Waals surface area contributed by atoms with Crippen LogP contribution in [0.3, 0.4) is 0 Å². The van der Waals surface area contributed by atoms with Crippen LogP contribution >= 0.6 is 0 Å². The van der Waals surface area contributed by atoms with Gasteiger partial charge in [0, 0.05) is 25.6 Å². The van der Waals surface area contributed by atoms with Crippen molar-refractivity contribution >= 4 is 17.5 Å². The molecule has 1 fully saturated rings. The Morgan fingerprint density at radius 1 is 1.24 bits per heavy atom. The summed E-state index contributed by atoms with van der Waals surface area (Å²) in [6.07, 6.45) is 6.23. The van der Waals surface area contributed by atoms with Crippen molar-refractivity contribution in [1.82, 2.24) is 9.91 Å². The van der Waals surface area contributed by atoms with Crippen LogP contribution in [-0.2, 0) is 16.0 Å². The lowest BCUT2D eigenvalue weighted by Crippen LogP contribution is -2.40. The maximum absolute atomic E-state index is 12.9. The lowest BCUT2D eigenvalue weighted by atomic mass is 9.78. The largest absolute Gasteiger partial charge is 0.339 e. The summed E-state index contributed by atoms with van der Waals surface area (Å²) in [6.45, 7) is 0.833. The van der Waals surface area contributed by atoms with Gasteiger partial charge in [0.2, 0.25) is 11.8 Å². The summed E-state index contributed by atoms with van der Waals surface area (Å²) in [5.74, 6) is 0.556. The van der Waals surface area contributed by atoms with E-state index in [9.17, 15) is 9.59 Å². The van der Waals surface area contributed by atoms with Crippen LogP contribution in [0.15, 0.2) is 29.4 Å². The van der Waals surface area contributed by atoms with Gasteiger partial charge >= 0.3 is 0 Å². The number of fused-ring (bicyclic) bond motifs is 1. The summed E-state index contributed by atoms with van der Waals surface area (Å²) in [6, 6.07) is 9.01. The van der Waals surface area contributed by atoms with E-state index < -0.39 is 0 Å². The van der Waals surface area contributed by atoms with Gasteiger partial charge < -0.3 is 4.90 Å². The number of aryl methyl sites for hydroxylation is 1. The highest BCUT2D eigenvalue weighted by molar-refractivity contribution is 6.11. The average Bonchev–Trinajstić information content (AvgIpc) is 3.21. The van der Waals surface area contributed by atoms with Crippen LogP contribution < -0.4 is 0 Å². The lowest BCUT2D eigenvalue weighted by molar-refractivity contribution is -0.131. The fourth-order valence-electron chi connectivity index (χ4n) is 4.68. The van der Waals surface area contributed by atoms with E-state index >= 15 is 0 Å². The zero-order valence-electron chi connectivity index (χ0n) is 14.8. The molecule has 1 saturated heterocycles. The molecule has 5 nitrogen and oxygen atoms in total. The summed E-state index contributed by atoms with van der Waals surface area (Å²) < 4.78 is 0. The third kappa shape index (κ3) is 3.08. The van der Waals surface area contributed by atoms with E-state index in [1.54, 1.807) is 7.05 Å². The number of hydrazone groups is 1. The van der Waals surface area contributed by atoms with E-state index in [-0.39, 0.29) is 24.7 Å². The quantitative estimate of drug-likeness (QED) is 0.850. The van der Waals surface area contributed by atoms with E-state index in [0.717, 1.165) is 32.2 Å². The smallest absolute Gasteiger partial charge is 0.248 e. The van der Waals surface area contributed by atoms with Crippen molar-refractivity contribution in [3.63, 3.8) is 0 Å². The fraction of sp³-hybridized carbons (Fsp3) is 0.550. The molecule has 5 heteroatoms. The van der Waals surface area contributed by atoms with Gasteiger partial charge in [-0.3, -0.25) is 9.59 Å². The molecule has 2 amide bonds. The highest BCUT2D eigenvalue weighted by Crippen LogP contribution is 2.39. The van der Waals surface area contributed by atoms with Crippen molar-refractivity contribution in [3.8, 4) is 0 Å². The lowest BCUT2D eigenvalue weighted by Gasteiger charge is -2.35. The van der Waals surface area contributed by atoms with Crippen LogP contribution in [0.25, 0.3) is 0 Å². The van der Waals surface area contributed by atoms with Crippen molar-refractivity contribution in [1.29, 1.82) is 0 Å². The Balaban J connectivity index is 1.51. The number of hydrogen-bond donors (Lipinski definition) is 0. The van der Waals surface area contributed by atoms with Crippen LogP contribution in [-0.4, -0.2) is 47.1 Å². The number of rotatable bonds is 3. The summed E-state index contributed by atoms with van der Waals surface area (Å²) in [5.41, 5.74) is 3.59. The first-order valence-corrected chi connectivity index (χ1v) is 9.33. The standard InChI is InChI=1S/C20H25N3O2/c1-22-19(24)12-15(21-22)13-20(25)23-11-5-10-18(23)17-9-4-7-14-6-2-3-8-16(14)17/h2-3,6,8,17-18H,4-5,7,9-13H2,1H3/t17-,18+/m0/s1. The molecule has 3 aliphatic rings. The molecular formula is C20H25N3O2. The Bertz CT molecular complexity index is 727. The van der Waals surface area contributed by atoms with Crippen LogP contribution in [0, 0.1) is 0 Å². The van der Waals surface area contributed by atoms with Gasteiger partial charge in [-0.2, -0.15) is 5.10 Å². The molecule has 1 aromatic carbocycles. The molecule has 0 aromatic heterocycles. The normalized spacial score (nSPS) is 26.0. The van der Waals surface area contributed by atoms with E-state index in [1.165, 1.54) is 22.6 Å². The number of carbonyl (C=O) groups excluding carboxylic acids is 2.